The van der Waals surface area contributed by atoms with Crippen LogP contribution in [0, 0.1) is 0 Å². The van der Waals surface area contributed by atoms with Gasteiger partial charge in [0, 0.05) is 23.2 Å². The number of nitrogens with zero attached hydrogens (tertiary/aromatic N) is 1. The highest BCUT2D eigenvalue weighted by atomic mass is 79.9. The molecule has 1 aromatic carbocycles. The number of benzene rings is 1. The Morgan fingerprint density at radius 1 is 1.28 bits per heavy atom. The fraction of sp³-hybridized carbons (Fsp3) is 0.417. The van der Waals surface area contributed by atoms with Crippen molar-refractivity contribution in [2.24, 2.45) is 0 Å². The standard InChI is InChI=1S/C12H15BrN2O3/c13-8-1-3-9(4-2-8)14-12(18)7-15-5-10(16)11(17)6-15/h1-4,10-11,16-17H,5-7H2,(H,14,18). The average Bonchev–Trinajstić information content (AvgIpc) is 2.61. The fourth-order valence-electron chi connectivity index (χ4n) is 1.91. The number of rotatable bonds is 3. The highest BCUT2D eigenvalue weighted by molar-refractivity contribution is 9.10. The van der Waals surface area contributed by atoms with Gasteiger partial charge in [0.1, 0.15) is 0 Å². The zero-order valence-corrected chi connectivity index (χ0v) is 11.3. The topological polar surface area (TPSA) is 72.8 Å². The number of halogens is 1. The quantitative estimate of drug-likeness (QED) is 0.756. The summed E-state index contributed by atoms with van der Waals surface area (Å²) in [5, 5.41) is 21.5. The number of carbonyl (C=O) groups is 1. The summed E-state index contributed by atoms with van der Waals surface area (Å²) in [6.45, 7) is 0.827. The van der Waals surface area contributed by atoms with Gasteiger partial charge in [0.15, 0.2) is 0 Å². The van der Waals surface area contributed by atoms with Crippen molar-refractivity contribution >= 4 is 27.5 Å². The van der Waals surface area contributed by atoms with Crippen LogP contribution in [0.15, 0.2) is 28.7 Å². The molecule has 0 aromatic heterocycles. The summed E-state index contributed by atoms with van der Waals surface area (Å²) in [7, 11) is 0. The fourth-order valence-corrected chi connectivity index (χ4v) is 2.18. The lowest BCUT2D eigenvalue weighted by atomic mass is 10.3. The van der Waals surface area contributed by atoms with Crippen LogP contribution in [-0.2, 0) is 4.79 Å². The lowest BCUT2D eigenvalue weighted by Gasteiger charge is -2.14. The molecule has 18 heavy (non-hydrogen) atoms. The number of hydrogen-bond acceptors (Lipinski definition) is 4. The van der Waals surface area contributed by atoms with Crippen LogP contribution in [0.5, 0.6) is 0 Å². The zero-order valence-electron chi connectivity index (χ0n) is 9.71. The van der Waals surface area contributed by atoms with Gasteiger partial charge in [-0.1, -0.05) is 15.9 Å². The van der Waals surface area contributed by atoms with Gasteiger partial charge in [-0.15, -0.1) is 0 Å². The molecule has 1 aromatic rings. The van der Waals surface area contributed by atoms with E-state index in [-0.39, 0.29) is 12.5 Å². The molecule has 1 heterocycles. The number of hydrogen-bond donors (Lipinski definition) is 3. The van der Waals surface area contributed by atoms with Crippen molar-refractivity contribution in [2.45, 2.75) is 12.2 Å². The van der Waals surface area contributed by atoms with E-state index in [1.165, 1.54) is 0 Å². The Morgan fingerprint density at radius 3 is 2.39 bits per heavy atom. The van der Waals surface area contributed by atoms with Gasteiger partial charge in [-0.3, -0.25) is 9.69 Å². The number of aliphatic hydroxyl groups is 2. The number of anilines is 1. The lowest BCUT2D eigenvalue weighted by Crippen LogP contribution is -2.32. The molecule has 0 bridgehead atoms. The Labute approximate surface area is 114 Å². The van der Waals surface area contributed by atoms with Crippen molar-refractivity contribution in [1.82, 2.24) is 4.90 Å². The van der Waals surface area contributed by atoms with E-state index in [9.17, 15) is 15.0 Å². The molecule has 1 saturated heterocycles. The molecule has 5 nitrogen and oxygen atoms in total. The second kappa shape index (κ2) is 5.79. The van der Waals surface area contributed by atoms with Crippen molar-refractivity contribution in [3.63, 3.8) is 0 Å². The van der Waals surface area contributed by atoms with E-state index in [0.717, 1.165) is 10.2 Å². The van der Waals surface area contributed by atoms with Crippen LogP contribution in [0.3, 0.4) is 0 Å². The maximum absolute atomic E-state index is 11.7. The van der Waals surface area contributed by atoms with Crippen LogP contribution in [0.4, 0.5) is 5.69 Å². The summed E-state index contributed by atoms with van der Waals surface area (Å²) in [6, 6.07) is 7.29. The number of likely N-dealkylation sites (tertiary alicyclic amines) is 1. The Morgan fingerprint density at radius 2 is 1.83 bits per heavy atom. The molecule has 6 heteroatoms. The maximum atomic E-state index is 11.7. The van der Waals surface area contributed by atoms with Crippen LogP contribution in [0.25, 0.3) is 0 Å². The van der Waals surface area contributed by atoms with Crippen LogP contribution in [-0.4, -0.2) is 52.9 Å². The van der Waals surface area contributed by atoms with Gasteiger partial charge in [-0.2, -0.15) is 0 Å². The number of carbonyl (C=O) groups excluding carboxylic acids is 1. The minimum Gasteiger partial charge on any atom is -0.389 e. The minimum absolute atomic E-state index is 0.154. The third kappa shape index (κ3) is 3.52. The highest BCUT2D eigenvalue weighted by Gasteiger charge is 2.30. The van der Waals surface area contributed by atoms with Crippen molar-refractivity contribution in [3.8, 4) is 0 Å². The third-order valence-corrected chi connectivity index (χ3v) is 3.36. The molecule has 2 rings (SSSR count). The van der Waals surface area contributed by atoms with E-state index in [1.54, 1.807) is 17.0 Å². The summed E-state index contributed by atoms with van der Waals surface area (Å²) < 4.78 is 0.950. The second-order valence-corrected chi connectivity index (χ2v) is 5.30. The van der Waals surface area contributed by atoms with Gasteiger partial charge >= 0.3 is 0 Å². The maximum Gasteiger partial charge on any atom is 0.238 e. The summed E-state index contributed by atoms with van der Waals surface area (Å²) in [4.78, 5) is 13.5. The summed E-state index contributed by atoms with van der Waals surface area (Å²) in [5.74, 6) is -0.154. The number of amides is 1. The van der Waals surface area contributed by atoms with Crippen molar-refractivity contribution in [3.05, 3.63) is 28.7 Å². The monoisotopic (exact) mass is 314 g/mol. The SMILES string of the molecule is O=C(CN1CC(O)C(O)C1)Nc1ccc(Br)cc1. The van der Waals surface area contributed by atoms with Gasteiger partial charge in [0.25, 0.3) is 0 Å². The predicted octanol–water partition coefficient (Wildman–Crippen LogP) is 0.425. The van der Waals surface area contributed by atoms with Crippen LogP contribution < -0.4 is 5.32 Å². The number of aliphatic hydroxyl groups excluding tert-OH is 2. The van der Waals surface area contributed by atoms with E-state index in [1.807, 2.05) is 12.1 Å². The highest BCUT2D eigenvalue weighted by Crippen LogP contribution is 2.14. The molecule has 1 aliphatic heterocycles. The summed E-state index contributed by atoms with van der Waals surface area (Å²) in [6.07, 6.45) is -1.52. The van der Waals surface area contributed by atoms with Crippen molar-refractivity contribution < 1.29 is 15.0 Å². The third-order valence-electron chi connectivity index (χ3n) is 2.83. The molecule has 0 spiro atoms. The molecule has 98 valence electrons. The first kappa shape index (κ1) is 13.5. The molecule has 1 fully saturated rings. The first-order valence-electron chi connectivity index (χ1n) is 5.68. The smallest absolute Gasteiger partial charge is 0.238 e. The molecule has 0 radical (unpaired) electrons. The van der Waals surface area contributed by atoms with Crippen molar-refractivity contribution in [2.75, 3.05) is 25.0 Å². The van der Waals surface area contributed by atoms with Crippen molar-refractivity contribution in [1.29, 1.82) is 0 Å². The summed E-state index contributed by atoms with van der Waals surface area (Å²) in [5.41, 5.74) is 0.725. The van der Waals surface area contributed by atoms with Gasteiger partial charge in [-0.05, 0) is 24.3 Å². The molecule has 2 unspecified atom stereocenters. The molecule has 1 aliphatic rings. The number of nitrogens with one attached hydrogen (secondary N) is 1. The predicted molar refractivity (Wildman–Crippen MR) is 71.2 cm³/mol. The molecular formula is C12H15BrN2O3. The first-order chi connectivity index (χ1) is 8.54. The Bertz CT molecular complexity index is 414. The van der Waals surface area contributed by atoms with Crippen LogP contribution in [0.1, 0.15) is 0 Å². The first-order valence-corrected chi connectivity index (χ1v) is 6.48. The molecule has 2 atom stereocenters. The Hall–Kier alpha value is -0.950. The van der Waals surface area contributed by atoms with E-state index in [2.05, 4.69) is 21.2 Å². The molecule has 3 N–H and O–H groups in total. The molecule has 1 amide bonds. The van der Waals surface area contributed by atoms with Crippen LogP contribution in [0.2, 0.25) is 0 Å². The Balaban J connectivity index is 1.84. The van der Waals surface area contributed by atoms with E-state index in [0.29, 0.717) is 13.1 Å². The van der Waals surface area contributed by atoms with Gasteiger partial charge in [-0.25, -0.2) is 0 Å². The second-order valence-electron chi connectivity index (χ2n) is 4.38. The van der Waals surface area contributed by atoms with Gasteiger partial charge < -0.3 is 15.5 Å². The molecular weight excluding hydrogens is 300 g/mol. The van der Waals surface area contributed by atoms with E-state index >= 15 is 0 Å². The average molecular weight is 315 g/mol. The van der Waals surface area contributed by atoms with Crippen LogP contribution >= 0.6 is 15.9 Å². The normalized spacial score (nSPS) is 24.2. The largest absolute Gasteiger partial charge is 0.389 e. The van der Waals surface area contributed by atoms with Gasteiger partial charge in [0.05, 0.1) is 18.8 Å². The molecule has 0 saturated carbocycles. The Kier molecular flexibility index (Phi) is 4.34. The van der Waals surface area contributed by atoms with E-state index in [4.69, 9.17) is 0 Å². The summed E-state index contributed by atoms with van der Waals surface area (Å²) >= 11 is 3.32. The molecule has 0 aliphatic carbocycles. The lowest BCUT2D eigenvalue weighted by molar-refractivity contribution is -0.117. The number of β-amino-alcohol motifs (C(OH)–C–C–N with tert-alkyl or cyclic N) is 2. The van der Waals surface area contributed by atoms with E-state index < -0.39 is 12.2 Å². The minimum atomic E-state index is -0.759. The zero-order chi connectivity index (χ0) is 13.1. The van der Waals surface area contributed by atoms with Gasteiger partial charge in [0.2, 0.25) is 5.91 Å².